The van der Waals surface area contributed by atoms with E-state index in [1.165, 1.54) is 46.9 Å². The monoisotopic (exact) mass is 508 g/mol. The van der Waals surface area contributed by atoms with Crippen LogP contribution in [0.1, 0.15) is 10.5 Å². The molecule has 4 rings (SSSR count). The standard InChI is InChI=1S/C19H16N4O5S4/c1-31(25,26)12-5-3-11(4-6-12)20-18-22-15(10-29-18)17(24)23-19-21-14-8-7-13(32(2,27)28)9-16(14)30-19/h3-10H,1-2H3,(H,20,22)(H,21,23,24). The van der Waals surface area contributed by atoms with Gasteiger partial charge in [-0.15, -0.1) is 11.3 Å². The van der Waals surface area contributed by atoms with Crippen molar-refractivity contribution in [2.45, 2.75) is 9.79 Å². The van der Waals surface area contributed by atoms with Gasteiger partial charge in [0, 0.05) is 23.6 Å². The fourth-order valence-electron chi connectivity index (χ4n) is 2.69. The molecule has 0 atom stereocenters. The fourth-order valence-corrected chi connectivity index (χ4v) is 5.66. The summed E-state index contributed by atoms with van der Waals surface area (Å²) in [5.41, 5.74) is 1.39. The largest absolute Gasteiger partial charge is 0.332 e. The van der Waals surface area contributed by atoms with Crippen molar-refractivity contribution in [1.82, 2.24) is 9.97 Å². The van der Waals surface area contributed by atoms with Gasteiger partial charge in [0.2, 0.25) is 0 Å². The molecule has 1 amide bonds. The van der Waals surface area contributed by atoms with Crippen LogP contribution < -0.4 is 10.6 Å². The number of carbonyl (C=O) groups is 1. The van der Waals surface area contributed by atoms with Gasteiger partial charge in [-0.2, -0.15) is 0 Å². The first-order valence-corrected chi connectivity index (χ1v) is 14.4. The second-order valence-corrected chi connectivity index (χ2v) is 12.8. The number of benzene rings is 2. The number of nitrogens with one attached hydrogen (secondary N) is 2. The summed E-state index contributed by atoms with van der Waals surface area (Å²) in [5.74, 6) is -0.455. The number of rotatable bonds is 6. The Balaban J connectivity index is 1.47. The Kier molecular flexibility index (Phi) is 5.75. The lowest BCUT2D eigenvalue weighted by Crippen LogP contribution is -2.12. The van der Waals surface area contributed by atoms with Gasteiger partial charge in [-0.25, -0.2) is 26.8 Å². The zero-order chi connectivity index (χ0) is 23.1. The first kappa shape index (κ1) is 22.3. The first-order valence-electron chi connectivity index (χ1n) is 8.94. The summed E-state index contributed by atoms with van der Waals surface area (Å²) in [5, 5.41) is 8.07. The van der Waals surface area contributed by atoms with Crippen LogP contribution in [-0.4, -0.2) is 45.2 Å². The first-order chi connectivity index (χ1) is 15.0. The van der Waals surface area contributed by atoms with Crippen LogP contribution >= 0.6 is 22.7 Å². The molecule has 2 aromatic heterocycles. The molecule has 0 aliphatic heterocycles. The Hall–Kier alpha value is -2.87. The third-order valence-corrected chi connectivity index (χ3v) is 8.21. The molecular weight excluding hydrogens is 493 g/mol. The molecule has 0 saturated heterocycles. The van der Waals surface area contributed by atoms with Gasteiger partial charge in [0.05, 0.1) is 20.0 Å². The number of nitrogens with zero attached hydrogens (tertiary/aromatic N) is 2. The van der Waals surface area contributed by atoms with E-state index >= 15 is 0 Å². The van der Waals surface area contributed by atoms with Crippen molar-refractivity contribution < 1.29 is 21.6 Å². The van der Waals surface area contributed by atoms with Crippen LogP contribution in [0.4, 0.5) is 16.0 Å². The predicted molar refractivity (Wildman–Crippen MR) is 126 cm³/mol. The summed E-state index contributed by atoms with van der Waals surface area (Å²) in [6.07, 6.45) is 2.27. The van der Waals surface area contributed by atoms with Crippen molar-refractivity contribution in [2.75, 3.05) is 23.1 Å². The molecule has 4 aromatic rings. The Labute approximate surface area is 192 Å². The highest BCUT2D eigenvalue weighted by Crippen LogP contribution is 2.29. The Morgan fingerprint density at radius 3 is 2.19 bits per heavy atom. The van der Waals surface area contributed by atoms with E-state index in [0.717, 1.165) is 12.5 Å². The zero-order valence-corrected chi connectivity index (χ0v) is 20.0. The average Bonchev–Trinajstić information content (AvgIpc) is 3.32. The van der Waals surface area contributed by atoms with Gasteiger partial charge >= 0.3 is 0 Å². The van der Waals surface area contributed by atoms with E-state index in [2.05, 4.69) is 20.6 Å². The second-order valence-electron chi connectivity index (χ2n) is 6.83. The van der Waals surface area contributed by atoms with Crippen molar-refractivity contribution in [3.8, 4) is 0 Å². The molecule has 0 radical (unpaired) electrons. The lowest BCUT2D eigenvalue weighted by Gasteiger charge is -2.03. The number of amides is 1. The highest BCUT2D eigenvalue weighted by atomic mass is 32.2. The summed E-state index contributed by atoms with van der Waals surface area (Å²) < 4.78 is 47.2. The van der Waals surface area contributed by atoms with E-state index in [1.54, 1.807) is 23.6 Å². The Morgan fingerprint density at radius 2 is 1.53 bits per heavy atom. The smallest absolute Gasteiger partial charge is 0.276 e. The Morgan fingerprint density at radius 1 is 0.875 bits per heavy atom. The van der Waals surface area contributed by atoms with Crippen molar-refractivity contribution >= 4 is 74.4 Å². The molecule has 2 aromatic carbocycles. The van der Waals surface area contributed by atoms with Crippen LogP contribution in [0.25, 0.3) is 10.2 Å². The molecule has 0 saturated carbocycles. The second kappa shape index (κ2) is 8.24. The molecule has 0 spiro atoms. The van der Waals surface area contributed by atoms with Crippen LogP contribution in [0.3, 0.4) is 0 Å². The summed E-state index contributed by atoms with van der Waals surface area (Å²) in [6.45, 7) is 0. The minimum atomic E-state index is -3.34. The number of hydrogen-bond acceptors (Lipinski definition) is 10. The quantitative estimate of drug-likeness (QED) is 0.404. The minimum absolute atomic E-state index is 0.182. The van der Waals surface area contributed by atoms with Gasteiger partial charge in [-0.1, -0.05) is 11.3 Å². The van der Waals surface area contributed by atoms with E-state index in [4.69, 9.17) is 0 Å². The summed E-state index contributed by atoms with van der Waals surface area (Å²) in [7, 11) is -6.62. The maximum atomic E-state index is 12.5. The molecule has 0 aliphatic carbocycles. The van der Waals surface area contributed by atoms with Gasteiger partial charge in [0.15, 0.2) is 29.9 Å². The third kappa shape index (κ3) is 4.96. The number of fused-ring (bicyclic) bond motifs is 1. The number of thiazole rings is 2. The van der Waals surface area contributed by atoms with Gasteiger partial charge in [0.1, 0.15) is 5.69 Å². The number of hydrogen-bond donors (Lipinski definition) is 2. The molecule has 9 nitrogen and oxygen atoms in total. The predicted octanol–water partition coefficient (Wildman–Crippen LogP) is 3.56. The van der Waals surface area contributed by atoms with Crippen LogP contribution in [0.15, 0.2) is 57.6 Å². The maximum Gasteiger partial charge on any atom is 0.276 e. The van der Waals surface area contributed by atoms with E-state index in [1.807, 2.05) is 0 Å². The molecule has 13 heteroatoms. The van der Waals surface area contributed by atoms with Gasteiger partial charge in [-0.3, -0.25) is 10.1 Å². The SMILES string of the molecule is CS(=O)(=O)c1ccc(Nc2nc(C(=O)Nc3nc4ccc(S(C)(=O)=O)cc4s3)cs2)cc1. The van der Waals surface area contributed by atoms with Crippen LogP contribution in [-0.2, 0) is 19.7 Å². The summed E-state index contributed by atoms with van der Waals surface area (Å²) >= 11 is 2.38. The van der Waals surface area contributed by atoms with E-state index < -0.39 is 25.6 Å². The lowest BCUT2D eigenvalue weighted by molar-refractivity contribution is 0.102. The minimum Gasteiger partial charge on any atom is -0.332 e. The van der Waals surface area contributed by atoms with Gasteiger partial charge in [-0.05, 0) is 42.5 Å². The van der Waals surface area contributed by atoms with Gasteiger partial charge in [0.25, 0.3) is 5.91 Å². The number of sulfone groups is 2. The summed E-state index contributed by atoms with van der Waals surface area (Å²) in [4.78, 5) is 21.5. The highest BCUT2D eigenvalue weighted by molar-refractivity contribution is 7.91. The molecule has 2 heterocycles. The molecular formula is C19H16N4O5S4. The van der Waals surface area contributed by atoms with Crippen molar-refractivity contribution in [3.05, 3.63) is 53.5 Å². The van der Waals surface area contributed by atoms with E-state index in [-0.39, 0.29) is 15.5 Å². The topological polar surface area (TPSA) is 135 Å². The number of carbonyl (C=O) groups excluding carboxylic acids is 1. The third-order valence-electron chi connectivity index (χ3n) is 4.28. The van der Waals surface area contributed by atoms with Crippen LogP contribution in [0.2, 0.25) is 0 Å². The van der Waals surface area contributed by atoms with Crippen molar-refractivity contribution in [2.24, 2.45) is 0 Å². The molecule has 0 unspecified atom stereocenters. The average molecular weight is 509 g/mol. The molecule has 166 valence electrons. The molecule has 0 bridgehead atoms. The van der Waals surface area contributed by atoms with Crippen molar-refractivity contribution in [1.29, 1.82) is 0 Å². The maximum absolute atomic E-state index is 12.5. The van der Waals surface area contributed by atoms with E-state index in [0.29, 0.717) is 26.2 Å². The lowest BCUT2D eigenvalue weighted by atomic mass is 10.3. The zero-order valence-electron chi connectivity index (χ0n) is 16.7. The van der Waals surface area contributed by atoms with Crippen LogP contribution in [0.5, 0.6) is 0 Å². The van der Waals surface area contributed by atoms with Crippen LogP contribution in [0, 0.1) is 0 Å². The summed E-state index contributed by atoms with van der Waals surface area (Å²) in [6, 6.07) is 10.8. The molecule has 0 fully saturated rings. The Bertz CT molecular complexity index is 1540. The fraction of sp³-hybridized carbons (Fsp3) is 0.105. The molecule has 2 N–H and O–H groups in total. The van der Waals surface area contributed by atoms with Crippen molar-refractivity contribution in [3.63, 3.8) is 0 Å². The number of anilines is 3. The normalized spacial score (nSPS) is 12.1. The molecule has 0 aliphatic rings. The van der Waals surface area contributed by atoms with Gasteiger partial charge < -0.3 is 5.32 Å². The number of aromatic nitrogens is 2. The molecule has 32 heavy (non-hydrogen) atoms. The highest BCUT2D eigenvalue weighted by Gasteiger charge is 2.15. The van der Waals surface area contributed by atoms with E-state index in [9.17, 15) is 21.6 Å².